The molecule has 1 heterocycles. The molecule has 0 spiro atoms. The van der Waals surface area contributed by atoms with E-state index in [1.165, 1.54) is 28.2 Å². The maximum absolute atomic E-state index is 6.33. The summed E-state index contributed by atoms with van der Waals surface area (Å²) >= 11 is 6.33. The Kier molecular flexibility index (Phi) is 10.9. The number of hydrogen-bond donors (Lipinski definition) is 0. The Hall–Kier alpha value is -0.916. The SMILES string of the molecule is CC(C)c1cccc(C(C)C)c1N([Si]Cl)[Si](C)(C)C.CC1=C(C)N(C(C)C)[C]N1C(C)C. The zero-order valence-electron chi connectivity index (χ0n) is 22.8. The van der Waals surface area contributed by atoms with Crippen molar-refractivity contribution in [2.45, 2.75) is 113 Å². The Morgan fingerprint density at radius 3 is 1.41 bits per heavy atom. The second-order valence-electron chi connectivity index (χ2n) is 10.9. The third-order valence-electron chi connectivity index (χ3n) is 5.82. The lowest BCUT2D eigenvalue weighted by atomic mass is 9.93. The molecule has 0 saturated carbocycles. The topological polar surface area (TPSA) is 9.72 Å². The van der Waals surface area contributed by atoms with E-state index in [0.717, 1.165) is 0 Å². The van der Waals surface area contributed by atoms with Gasteiger partial charge in [-0.2, -0.15) is 0 Å². The molecular weight excluding hydrogens is 446 g/mol. The first-order chi connectivity index (χ1) is 14.6. The second-order valence-corrected chi connectivity index (χ2v) is 17.2. The van der Waals surface area contributed by atoms with E-state index in [4.69, 9.17) is 11.1 Å². The van der Waals surface area contributed by atoms with Crippen molar-refractivity contribution in [1.29, 1.82) is 0 Å². The van der Waals surface area contributed by atoms with Crippen molar-refractivity contribution < 1.29 is 0 Å². The van der Waals surface area contributed by atoms with Crippen LogP contribution in [0.5, 0.6) is 0 Å². The molecule has 4 radical (unpaired) electrons. The minimum Gasteiger partial charge on any atom is -0.412 e. The maximum atomic E-state index is 6.33. The van der Waals surface area contributed by atoms with Gasteiger partial charge in [0.05, 0.1) is 0 Å². The molecule has 180 valence electrons. The molecule has 0 aromatic heterocycles. The minimum absolute atomic E-state index is 0.323. The summed E-state index contributed by atoms with van der Waals surface area (Å²) in [7, 11) is -1.15. The number of hydrogen-bond acceptors (Lipinski definition) is 3. The van der Waals surface area contributed by atoms with E-state index in [2.05, 4.69) is 128 Å². The van der Waals surface area contributed by atoms with E-state index in [-0.39, 0.29) is 0 Å². The average Bonchev–Trinajstić information content (AvgIpc) is 2.97. The lowest BCUT2D eigenvalue weighted by Crippen LogP contribution is -2.48. The van der Waals surface area contributed by atoms with Crippen LogP contribution >= 0.6 is 11.1 Å². The number of rotatable bonds is 7. The Labute approximate surface area is 207 Å². The predicted molar refractivity (Wildman–Crippen MR) is 148 cm³/mol. The van der Waals surface area contributed by atoms with Crippen LogP contribution in [0.2, 0.25) is 19.6 Å². The van der Waals surface area contributed by atoms with E-state index >= 15 is 0 Å². The van der Waals surface area contributed by atoms with Crippen molar-refractivity contribution >= 4 is 34.0 Å². The van der Waals surface area contributed by atoms with Crippen LogP contribution in [0.4, 0.5) is 5.69 Å². The van der Waals surface area contributed by atoms with Gasteiger partial charge in [0.1, 0.15) is 8.24 Å². The van der Waals surface area contributed by atoms with Crippen molar-refractivity contribution in [2.75, 3.05) is 4.23 Å². The number of benzene rings is 1. The first-order valence-electron chi connectivity index (χ1n) is 12.0. The minimum atomic E-state index is -1.47. The average molecular weight is 492 g/mol. The highest BCUT2D eigenvalue weighted by Crippen LogP contribution is 2.37. The Balaban J connectivity index is 0.000000343. The van der Waals surface area contributed by atoms with Gasteiger partial charge in [0.2, 0.25) is 6.67 Å². The quantitative estimate of drug-likeness (QED) is 0.282. The molecule has 0 aliphatic carbocycles. The van der Waals surface area contributed by atoms with Gasteiger partial charge in [-0.25, -0.2) is 0 Å². The maximum Gasteiger partial charge on any atom is 0.302 e. The van der Waals surface area contributed by atoms with Crippen LogP contribution in [0.25, 0.3) is 0 Å². The van der Waals surface area contributed by atoms with Crippen LogP contribution in [0.1, 0.15) is 92.2 Å². The molecule has 2 rings (SSSR count). The summed E-state index contributed by atoms with van der Waals surface area (Å²) in [5.74, 6) is 1.06. The van der Waals surface area contributed by atoms with Crippen LogP contribution < -0.4 is 4.23 Å². The van der Waals surface area contributed by atoms with Crippen molar-refractivity contribution in [3.8, 4) is 0 Å². The molecule has 1 aromatic carbocycles. The molecule has 0 amide bonds. The van der Waals surface area contributed by atoms with E-state index in [1.54, 1.807) is 0 Å². The van der Waals surface area contributed by atoms with Crippen molar-refractivity contribution in [3.63, 3.8) is 0 Å². The highest BCUT2D eigenvalue weighted by Gasteiger charge is 2.29. The van der Waals surface area contributed by atoms with Crippen LogP contribution in [0.15, 0.2) is 29.6 Å². The third kappa shape index (κ3) is 7.04. The molecule has 0 saturated heterocycles. The third-order valence-corrected chi connectivity index (χ3v) is 11.1. The summed E-state index contributed by atoms with van der Waals surface area (Å²) in [6, 6.07) is 7.71. The van der Waals surface area contributed by atoms with Gasteiger partial charge in [-0.15, -0.1) is 11.1 Å². The highest BCUT2D eigenvalue weighted by atomic mass is 35.6. The molecule has 1 aliphatic heterocycles. The van der Waals surface area contributed by atoms with Crippen molar-refractivity contribution in [1.82, 2.24) is 9.80 Å². The normalized spacial score (nSPS) is 14.8. The van der Waals surface area contributed by atoms with Gasteiger partial charge in [-0.05, 0) is 64.5 Å². The molecule has 6 heteroatoms. The van der Waals surface area contributed by atoms with Gasteiger partial charge in [-0.1, -0.05) is 65.5 Å². The second kappa shape index (κ2) is 12.0. The molecule has 0 fully saturated rings. The first kappa shape index (κ1) is 29.1. The summed E-state index contributed by atoms with van der Waals surface area (Å²) in [4.78, 5) is 4.41. The van der Waals surface area contributed by atoms with E-state index < -0.39 is 8.24 Å². The molecular formula is C26H46ClN3Si2. The Morgan fingerprint density at radius 2 is 1.19 bits per heavy atom. The van der Waals surface area contributed by atoms with Gasteiger partial charge in [0.15, 0.2) is 0 Å². The highest BCUT2D eigenvalue weighted by molar-refractivity contribution is 7.05. The number of nitrogens with zero attached hydrogens (tertiary/aromatic N) is 3. The zero-order chi connectivity index (χ0) is 25.0. The Morgan fingerprint density at radius 1 is 0.812 bits per heavy atom. The number of halogens is 1. The van der Waals surface area contributed by atoms with E-state index in [9.17, 15) is 0 Å². The molecule has 0 N–H and O–H groups in total. The van der Waals surface area contributed by atoms with Gasteiger partial charge >= 0.3 is 8.99 Å². The van der Waals surface area contributed by atoms with Crippen LogP contribution in [-0.4, -0.2) is 39.1 Å². The number of allylic oxidation sites excluding steroid dienone is 2. The van der Waals surface area contributed by atoms with Crippen LogP contribution in [-0.2, 0) is 0 Å². The fourth-order valence-electron chi connectivity index (χ4n) is 3.89. The molecule has 0 unspecified atom stereocenters. The Bertz CT molecular complexity index is 719. The molecule has 0 bridgehead atoms. The summed E-state index contributed by atoms with van der Waals surface area (Å²) in [6.07, 6.45) is 0. The summed E-state index contributed by atoms with van der Waals surface area (Å²) < 4.78 is 2.49. The van der Waals surface area contributed by atoms with Crippen molar-refractivity contribution in [3.05, 3.63) is 47.4 Å². The zero-order valence-corrected chi connectivity index (χ0v) is 25.5. The number of anilines is 1. The predicted octanol–water partition coefficient (Wildman–Crippen LogP) is 8.02. The van der Waals surface area contributed by atoms with Gasteiger partial charge < -0.3 is 14.0 Å². The molecule has 1 aromatic rings. The standard InChI is InChI=1S/C15H26ClNSi2.C11H20N2/c1-11(2)13-9-8-10-14(12(3)4)15(13)17(18-16)19(5,6)7;1-8(2)12-7-13(9(3)4)11(6)10(12)5/h8-12H,1-7H3;8-9H,1-6H3. The molecule has 0 atom stereocenters. The molecule has 1 aliphatic rings. The first-order valence-corrected chi connectivity index (χ1v) is 17.4. The summed E-state index contributed by atoms with van der Waals surface area (Å²) in [5.41, 5.74) is 6.91. The largest absolute Gasteiger partial charge is 0.412 e. The van der Waals surface area contributed by atoms with E-state index in [1.807, 2.05) is 0 Å². The smallest absolute Gasteiger partial charge is 0.302 e. The van der Waals surface area contributed by atoms with E-state index in [0.29, 0.717) is 32.9 Å². The van der Waals surface area contributed by atoms with Crippen LogP contribution in [0, 0.1) is 6.67 Å². The number of para-hydroxylation sites is 1. The van der Waals surface area contributed by atoms with Gasteiger partial charge in [0, 0.05) is 29.2 Å². The van der Waals surface area contributed by atoms with Crippen LogP contribution in [0.3, 0.4) is 0 Å². The lowest BCUT2D eigenvalue weighted by molar-refractivity contribution is 0.256. The van der Waals surface area contributed by atoms with Gasteiger partial charge in [0.25, 0.3) is 0 Å². The lowest BCUT2D eigenvalue weighted by Gasteiger charge is -2.38. The fourth-order valence-corrected chi connectivity index (χ4v) is 8.72. The fraction of sp³-hybridized carbons (Fsp3) is 0.654. The molecule has 32 heavy (non-hydrogen) atoms. The monoisotopic (exact) mass is 491 g/mol. The molecule has 3 nitrogen and oxygen atoms in total. The van der Waals surface area contributed by atoms with Crippen molar-refractivity contribution in [2.24, 2.45) is 0 Å². The van der Waals surface area contributed by atoms with Gasteiger partial charge in [-0.3, -0.25) is 0 Å². The summed E-state index contributed by atoms with van der Waals surface area (Å²) in [5, 5.41) is 0. The summed E-state index contributed by atoms with van der Waals surface area (Å²) in [6.45, 7) is 32.6.